The van der Waals surface area contributed by atoms with Crippen LogP contribution in [0, 0.1) is 13.8 Å². The summed E-state index contributed by atoms with van der Waals surface area (Å²) < 4.78 is 13.7. The van der Waals surface area contributed by atoms with E-state index in [9.17, 15) is 0 Å². The number of benzene rings is 1. The van der Waals surface area contributed by atoms with Gasteiger partial charge in [0.2, 0.25) is 5.89 Å². The highest BCUT2D eigenvalue weighted by Crippen LogP contribution is 2.30. The van der Waals surface area contributed by atoms with Crippen LogP contribution < -0.4 is 0 Å². The first-order valence-electron chi connectivity index (χ1n) is 10.6. The second-order valence-corrected chi connectivity index (χ2v) is 8.86. The van der Waals surface area contributed by atoms with Crippen LogP contribution in [0.1, 0.15) is 48.2 Å². The normalized spacial score (nSPS) is 12.6. The molecule has 0 aliphatic heterocycles. The molecule has 0 fully saturated rings. The predicted molar refractivity (Wildman–Crippen MR) is 123 cm³/mol. The summed E-state index contributed by atoms with van der Waals surface area (Å²) in [6.07, 6.45) is 0.946. The summed E-state index contributed by atoms with van der Waals surface area (Å²) in [5.74, 6) is 4.07. The van der Waals surface area contributed by atoms with E-state index in [0.29, 0.717) is 24.1 Å². The molecule has 0 N–H and O–H groups in total. The summed E-state index contributed by atoms with van der Waals surface area (Å²) in [6, 6.07) is 12.5. The minimum absolute atomic E-state index is 0.183. The van der Waals surface area contributed by atoms with Crippen molar-refractivity contribution in [3.8, 4) is 11.5 Å². The molecule has 4 rings (SSSR count). The highest BCUT2D eigenvalue weighted by atomic mass is 32.2. The van der Waals surface area contributed by atoms with E-state index in [1.807, 2.05) is 26.0 Å². The minimum Gasteiger partial charge on any atom is -0.466 e. The van der Waals surface area contributed by atoms with Crippen molar-refractivity contribution >= 4 is 11.8 Å². The monoisotopic (exact) mass is 452 g/mol. The predicted octanol–water partition coefficient (Wildman–Crippen LogP) is 4.89. The number of rotatable bonds is 9. The Hall–Kier alpha value is -2.91. The van der Waals surface area contributed by atoms with Gasteiger partial charge in [-0.3, -0.25) is 4.90 Å². The van der Waals surface area contributed by atoms with E-state index in [4.69, 9.17) is 8.83 Å². The van der Waals surface area contributed by atoms with Gasteiger partial charge in [0.25, 0.3) is 5.89 Å². The van der Waals surface area contributed by atoms with Crippen LogP contribution in [0.15, 0.2) is 50.4 Å². The van der Waals surface area contributed by atoms with Crippen LogP contribution in [0.3, 0.4) is 0 Å². The van der Waals surface area contributed by atoms with E-state index in [1.165, 1.54) is 5.56 Å². The molecule has 0 radical (unpaired) electrons. The van der Waals surface area contributed by atoms with Crippen LogP contribution in [-0.2, 0) is 12.3 Å². The Morgan fingerprint density at radius 3 is 2.47 bits per heavy atom. The fourth-order valence-corrected chi connectivity index (χ4v) is 4.52. The average molecular weight is 453 g/mol. The topological polar surface area (TPSA) is 86.0 Å². The molecule has 0 spiro atoms. The molecule has 168 valence electrons. The van der Waals surface area contributed by atoms with E-state index in [1.54, 1.807) is 11.8 Å². The maximum Gasteiger partial charge on any atom is 0.251 e. The molecule has 3 heterocycles. The van der Waals surface area contributed by atoms with Gasteiger partial charge in [0, 0.05) is 0 Å². The summed E-state index contributed by atoms with van der Waals surface area (Å²) in [7, 11) is 4.14. The second kappa shape index (κ2) is 9.70. The third-order valence-corrected chi connectivity index (χ3v) is 6.25. The zero-order chi connectivity index (χ0) is 22.7. The van der Waals surface area contributed by atoms with Gasteiger partial charge in [-0.1, -0.05) is 49.0 Å². The fourth-order valence-electron chi connectivity index (χ4n) is 3.74. The van der Waals surface area contributed by atoms with Gasteiger partial charge < -0.3 is 13.4 Å². The molecule has 0 saturated heterocycles. The summed E-state index contributed by atoms with van der Waals surface area (Å²) in [5, 5.41) is 18.3. The molecular weight excluding hydrogens is 424 g/mol. The molecule has 0 aliphatic rings. The van der Waals surface area contributed by atoms with Crippen LogP contribution in [0.5, 0.6) is 0 Å². The van der Waals surface area contributed by atoms with Crippen molar-refractivity contribution in [3.05, 3.63) is 65.2 Å². The van der Waals surface area contributed by atoms with Crippen molar-refractivity contribution in [3.63, 3.8) is 0 Å². The minimum atomic E-state index is 0.183. The summed E-state index contributed by atoms with van der Waals surface area (Å²) in [4.78, 5) is 2.18. The van der Waals surface area contributed by atoms with Crippen LogP contribution in [0.25, 0.3) is 11.5 Å². The van der Waals surface area contributed by atoms with E-state index in [0.717, 1.165) is 34.5 Å². The number of hydrogen-bond donors (Lipinski definition) is 0. The lowest BCUT2D eigenvalue weighted by molar-refractivity contribution is 0.272. The summed E-state index contributed by atoms with van der Waals surface area (Å²) in [6.45, 7) is 6.67. The molecule has 1 aromatic carbocycles. The SMILES string of the molecule is CC[C@H](c1nnc(SCc2nnc(-c3cc(C)oc3C)o2)n1Cc1ccccc1)N(C)C. The molecule has 8 nitrogen and oxygen atoms in total. The van der Waals surface area contributed by atoms with Crippen LogP contribution in [0.4, 0.5) is 0 Å². The molecule has 0 aliphatic carbocycles. The largest absolute Gasteiger partial charge is 0.466 e. The van der Waals surface area contributed by atoms with Crippen molar-refractivity contribution in [1.29, 1.82) is 0 Å². The van der Waals surface area contributed by atoms with Crippen molar-refractivity contribution in [2.75, 3.05) is 14.1 Å². The summed E-state index contributed by atoms with van der Waals surface area (Å²) >= 11 is 1.55. The van der Waals surface area contributed by atoms with Crippen molar-refractivity contribution in [2.24, 2.45) is 0 Å². The van der Waals surface area contributed by atoms with E-state index in [-0.39, 0.29) is 6.04 Å². The van der Waals surface area contributed by atoms with Gasteiger partial charge in [0.1, 0.15) is 11.5 Å². The maximum absolute atomic E-state index is 5.89. The van der Waals surface area contributed by atoms with Gasteiger partial charge in [-0.25, -0.2) is 0 Å². The molecule has 32 heavy (non-hydrogen) atoms. The Bertz CT molecular complexity index is 1160. The molecule has 0 bridgehead atoms. The number of furan rings is 1. The Balaban J connectivity index is 1.57. The Kier molecular flexibility index (Phi) is 6.76. The molecule has 3 aromatic heterocycles. The molecule has 4 aromatic rings. The van der Waals surface area contributed by atoms with E-state index in [2.05, 4.69) is 75.1 Å². The first kappa shape index (κ1) is 22.3. The molecule has 0 unspecified atom stereocenters. The van der Waals surface area contributed by atoms with Gasteiger partial charge in [0.15, 0.2) is 11.0 Å². The van der Waals surface area contributed by atoms with Crippen LogP contribution >= 0.6 is 11.8 Å². The maximum atomic E-state index is 5.89. The van der Waals surface area contributed by atoms with Crippen molar-refractivity contribution in [1.82, 2.24) is 29.9 Å². The number of hydrogen-bond acceptors (Lipinski definition) is 8. The molecule has 1 atom stereocenters. The van der Waals surface area contributed by atoms with E-state index >= 15 is 0 Å². The lowest BCUT2D eigenvalue weighted by Gasteiger charge is -2.23. The highest BCUT2D eigenvalue weighted by molar-refractivity contribution is 7.98. The quantitative estimate of drug-likeness (QED) is 0.332. The third-order valence-electron chi connectivity index (χ3n) is 5.30. The van der Waals surface area contributed by atoms with Gasteiger partial charge >= 0.3 is 0 Å². The second-order valence-electron chi connectivity index (χ2n) is 7.92. The zero-order valence-electron chi connectivity index (χ0n) is 19.1. The highest BCUT2D eigenvalue weighted by Gasteiger charge is 2.23. The molecule has 9 heteroatoms. The number of aryl methyl sites for hydroxylation is 2. The molecule has 0 amide bonds. The van der Waals surface area contributed by atoms with E-state index < -0.39 is 0 Å². The van der Waals surface area contributed by atoms with Crippen molar-refractivity contribution < 1.29 is 8.83 Å². The Morgan fingerprint density at radius 2 is 1.81 bits per heavy atom. The van der Waals surface area contributed by atoms with Gasteiger partial charge in [-0.05, 0) is 46.0 Å². The lowest BCUT2D eigenvalue weighted by Crippen LogP contribution is -2.23. The molecular formula is C23H28N6O2S. The van der Waals surface area contributed by atoms with Gasteiger partial charge in [-0.15, -0.1) is 20.4 Å². The van der Waals surface area contributed by atoms with Gasteiger partial charge in [-0.2, -0.15) is 0 Å². The standard InChI is InChI=1S/C23H28N6O2S/c1-6-19(28(4)5)21-25-27-23(29(21)13-17-10-8-7-9-11-17)32-14-20-24-26-22(31-20)18-12-15(2)30-16(18)3/h7-12,19H,6,13-14H2,1-5H3/t19-/m1/s1. The number of aromatic nitrogens is 5. The smallest absolute Gasteiger partial charge is 0.251 e. The number of thioether (sulfide) groups is 1. The fraction of sp³-hybridized carbons (Fsp3) is 0.391. The Labute approximate surface area is 192 Å². The average Bonchev–Trinajstić information content (AvgIpc) is 3.47. The van der Waals surface area contributed by atoms with Crippen LogP contribution in [0.2, 0.25) is 0 Å². The first-order valence-corrected chi connectivity index (χ1v) is 11.6. The van der Waals surface area contributed by atoms with Crippen molar-refractivity contribution in [2.45, 2.75) is 50.7 Å². The zero-order valence-corrected chi connectivity index (χ0v) is 19.9. The van der Waals surface area contributed by atoms with Gasteiger partial charge in [0.05, 0.1) is 23.9 Å². The van der Waals surface area contributed by atoms with Crippen LogP contribution in [-0.4, -0.2) is 44.0 Å². The first-order chi connectivity index (χ1) is 15.5. The summed E-state index contributed by atoms with van der Waals surface area (Å²) in [5.41, 5.74) is 2.03. The number of nitrogens with zero attached hydrogens (tertiary/aromatic N) is 6. The lowest BCUT2D eigenvalue weighted by atomic mass is 10.2. The molecule has 0 saturated carbocycles. The Morgan fingerprint density at radius 1 is 1.03 bits per heavy atom. The third kappa shape index (κ3) is 4.78.